The standard InChI is InChI=1S/C18H29N5O2/c1-2-15-13-16(20-19-15)18(25)23-11-9-21(10-12-23)14-17(24)22-7-5-3-4-6-8-22/h13H,2-12,14H2,1H3,(H,19,20). The lowest BCUT2D eigenvalue weighted by molar-refractivity contribution is -0.132. The van der Waals surface area contributed by atoms with Gasteiger partial charge in [0.05, 0.1) is 6.54 Å². The molecule has 0 spiro atoms. The van der Waals surface area contributed by atoms with Crippen LogP contribution in [-0.4, -0.2) is 82.5 Å². The fraction of sp³-hybridized carbons (Fsp3) is 0.722. The largest absolute Gasteiger partial charge is 0.342 e. The maximum absolute atomic E-state index is 12.5. The average Bonchev–Trinajstić information content (AvgIpc) is 2.95. The molecule has 0 bridgehead atoms. The Kier molecular flexibility index (Phi) is 6.07. The highest BCUT2D eigenvalue weighted by Gasteiger charge is 2.26. The number of hydrogen-bond donors (Lipinski definition) is 1. The summed E-state index contributed by atoms with van der Waals surface area (Å²) < 4.78 is 0. The van der Waals surface area contributed by atoms with Gasteiger partial charge in [-0.25, -0.2) is 0 Å². The third-order valence-electron chi connectivity index (χ3n) is 5.21. The van der Waals surface area contributed by atoms with Crippen LogP contribution in [0.3, 0.4) is 0 Å². The van der Waals surface area contributed by atoms with Gasteiger partial charge in [-0.15, -0.1) is 0 Å². The van der Waals surface area contributed by atoms with E-state index in [1.165, 1.54) is 12.8 Å². The smallest absolute Gasteiger partial charge is 0.274 e. The lowest BCUT2D eigenvalue weighted by Crippen LogP contribution is -2.51. The number of carbonyl (C=O) groups is 2. The zero-order valence-electron chi connectivity index (χ0n) is 15.2. The van der Waals surface area contributed by atoms with Gasteiger partial charge in [-0.3, -0.25) is 19.6 Å². The summed E-state index contributed by atoms with van der Waals surface area (Å²) in [5.74, 6) is 0.219. The molecular formula is C18H29N5O2. The fourth-order valence-corrected chi connectivity index (χ4v) is 3.53. The zero-order chi connectivity index (χ0) is 17.6. The molecule has 1 aromatic heterocycles. The number of hydrogen-bond acceptors (Lipinski definition) is 4. The first-order chi connectivity index (χ1) is 12.2. The first kappa shape index (κ1) is 17.9. The van der Waals surface area contributed by atoms with Gasteiger partial charge in [0.25, 0.3) is 5.91 Å². The minimum Gasteiger partial charge on any atom is -0.342 e. The van der Waals surface area contributed by atoms with Crippen molar-refractivity contribution >= 4 is 11.8 Å². The van der Waals surface area contributed by atoms with Crippen molar-refractivity contribution in [3.63, 3.8) is 0 Å². The van der Waals surface area contributed by atoms with Crippen LogP contribution in [-0.2, 0) is 11.2 Å². The molecular weight excluding hydrogens is 318 g/mol. The number of piperazine rings is 1. The Morgan fingerprint density at radius 1 is 1.00 bits per heavy atom. The Balaban J connectivity index is 1.46. The second-order valence-corrected chi connectivity index (χ2v) is 7.00. The molecule has 0 radical (unpaired) electrons. The van der Waals surface area contributed by atoms with Gasteiger partial charge in [-0.1, -0.05) is 19.8 Å². The predicted octanol–water partition coefficient (Wildman–Crippen LogP) is 1.13. The number of H-pyrrole nitrogens is 1. The number of aromatic nitrogens is 2. The SMILES string of the molecule is CCc1cc(C(=O)N2CCN(CC(=O)N3CCCCCC3)CC2)n[nH]1. The van der Waals surface area contributed by atoms with E-state index in [0.29, 0.717) is 25.3 Å². The van der Waals surface area contributed by atoms with Crippen molar-refractivity contribution < 1.29 is 9.59 Å². The Labute approximate surface area is 149 Å². The van der Waals surface area contributed by atoms with Crippen LogP contribution >= 0.6 is 0 Å². The lowest BCUT2D eigenvalue weighted by atomic mass is 10.2. The molecule has 0 unspecified atom stereocenters. The Morgan fingerprint density at radius 2 is 1.68 bits per heavy atom. The molecule has 0 aliphatic carbocycles. The molecule has 1 N–H and O–H groups in total. The number of nitrogens with zero attached hydrogens (tertiary/aromatic N) is 4. The summed E-state index contributed by atoms with van der Waals surface area (Å²) in [6.45, 7) is 7.10. The maximum atomic E-state index is 12.5. The van der Waals surface area contributed by atoms with Crippen LogP contribution in [0.1, 0.15) is 48.8 Å². The van der Waals surface area contributed by atoms with Crippen molar-refractivity contribution in [3.8, 4) is 0 Å². The lowest BCUT2D eigenvalue weighted by Gasteiger charge is -2.35. The second-order valence-electron chi connectivity index (χ2n) is 7.00. The average molecular weight is 347 g/mol. The fourth-order valence-electron chi connectivity index (χ4n) is 3.53. The van der Waals surface area contributed by atoms with Gasteiger partial charge < -0.3 is 9.80 Å². The number of aromatic amines is 1. The molecule has 0 atom stereocenters. The van der Waals surface area contributed by atoms with Crippen LogP contribution in [0.15, 0.2) is 6.07 Å². The molecule has 0 saturated carbocycles. The van der Waals surface area contributed by atoms with Crippen molar-refractivity contribution in [1.29, 1.82) is 0 Å². The molecule has 2 fully saturated rings. The molecule has 2 saturated heterocycles. The van der Waals surface area contributed by atoms with Crippen LogP contribution in [0.2, 0.25) is 0 Å². The number of likely N-dealkylation sites (tertiary alicyclic amines) is 1. The number of carbonyl (C=O) groups excluding carboxylic acids is 2. The number of amides is 2. The zero-order valence-corrected chi connectivity index (χ0v) is 15.2. The van der Waals surface area contributed by atoms with E-state index in [1.807, 2.05) is 22.8 Å². The van der Waals surface area contributed by atoms with E-state index in [1.54, 1.807) is 0 Å². The molecule has 0 aromatic carbocycles. The first-order valence-corrected chi connectivity index (χ1v) is 9.51. The summed E-state index contributed by atoms with van der Waals surface area (Å²) in [4.78, 5) is 31.0. The van der Waals surface area contributed by atoms with E-state index in [4.69, 9.17) is 0 Å². The highest BCUT2D eigenvalue weighted by molar-refractivity contribution is 5.92. The molecule has 7 heteroatoms. The first-order valence-electron chi connectivity index (χ1n) is 9.51. The molecule has 2 amide bonds. The van der Waals surface area contributed by atoms with Crippen molar-refractivity contribution in [2.75, 3.05) is 45.8 Å². The Hall–Kier alpha value is -1.89. The minimum atomic E-state index is -0.0190. The highest BCUT2D eigenvalue weighted by atomic mass is 16.2. The van der Waals surface area contributed by atoms with Crippen molar-refractivity contribution in [1.82, 2.24) is 24.9 Å². The minimum absolute atomic E-state index is 0.0190. The third-order valence-corrected chi connectivity index (χ3v) is 5.21. The second kappa shape index (κ2) is 8.47. The van der Waals surface area contributed by atoms with Crippen LogP contribution in [0, 0.1) is 0 Å². The molecule has 3 rings (SSSR count). The van der Waals surface area contributed by atoms with E-state index >= 15 is 0 Å². The van der Waals surface area contributed by atoms with Gasteiger partial charge in [-0.2, -0.15) is 5.10 Å². The molecule has 138 valence electrons. The molecule has 1 aromatic rings. The van der Waals surface area contributed by atoms with Gasteiger partial charge in [-0.05, 0) is 25.3 Å². The van der Waals surface area contributed by atoms with Crippen molar-refractivity contribution in [2.24, 2.45) is 0 Å². The molecule has 2 aliphatic rings. The van der Waals surface area contributed by atoms with Gasteiger partial charge >= 0.3 is 0 Å². The van der Waals surface area contributed by atoms with Gasteiger partial charge in [0, 0.05) is 45.0 Å². The summed E-state index contributed by atoms with van der Waals surface area (Å²) in [6, 6.07) is 1.83. The van der Waals surface area contributed by atoms with Crippen molar-refractivity contribution in [3.05, 3.63) is 17.5 Å². The van der Waals surface area contributed by atoms with E-state index < -0.39 is 0 Å². The van der Waals surface area contributed by atoms with E-state index in [2.05, 4.69) is 15.1 Å². The molecule has 2 aliphatic heterocycles. The summed E-state index contributed by atoms with van der Waals surface area (Å²) >= 11 is 0. The van der Waals surface area contributed by atoms with Crippen LogP contribution in [0.25, 0.3) is 0 Å². The topological polar surface area (TPSA) is 72.5 Å². The van der Waals surface area contributed by atoms with Crippen LogP contribution in [0.4, 0.5) is 0 Å². The Morgan fingerprint density at radius 3 is 2.28 bits per heavy atom. The summed E-state index contributed by atoms with van der Waals surface area (Å²) in [6.07, 6.45) is 5.55. The quantitative estimate of drug-likeness (QED) is 0.886. The number of aryl methyl sites for hydroxylation is 1. The maximum Gasteiger partial charge on any atom is 0.274 e. The summed E-state index contributed by atoms with van der Waals surface area (Å²) in [5, 5.41) is 7.00. The predicted molar refractivity (Wildman–Crippen MR) is 95.4 cm³/mol. The number of rotatable bonds is 4. The van der Waals surface area contributed by atoms with E-state index in [9.17, 15) is 9.59 Å². The molecule has 3 heterocycles. The third kappa shape index (κ3) is 4.60. The summed E-state index contributed by atoms with van der Waals surface area (Å²) in [5.41, 5.74) is 1.47. The van der Waals surface area contributed by atoms with Gasteiger partial charge in [0.15, 0.2) is 0 Å². The van der Waals surface area contributed by atoms with Crippen LogP contribution in [0.5, 0.6) is 0 Å². The highest BCUT2D eigenvalue weighted by Crippen LogP contribution is 2.12. The van der Waals surface area contributed by atoms with E-state index in [-0.39, 0.29) is 11.8 Å². The summed E-state index contributed by atoms with van der Waals surface area (Å²) in [7, 11) is 0. The van der Waals surface area contributed by atoms with Crippen LogP contribution < -0.4 is 0 Å². The Bertz CT molecular complexity index is 584. The van der Waals surface area contributed by atoms with Crippen molar-refractivity contribution in [2.45, 2.75) is 39.0 Å². The van der Waals surface area contributed by atoms with E-state index in [0.717, 1.165) is 51.1 Å². The molecule has 25 heavy (non-hydrogen) atoms. The van der Waals surface area contributed by atoms with Gasteiger partial charge in [0.1, 0.15) is 5.69 Å². The monoisotopic (exact) mass is 347 g/mol. The van der Waals surface area contributed by atoms with Gasteiger partial charge in [0.2, 0.25) is 5.91 Å². The molecule has 7 nitrogen and oxygen atoms in total. The number of nitrogens with one attached hydrogen (secondary N) is 1. The normalized spacial score (nSPS) is 19.7.